The van der Waals surface area contributed by atoms with E-state index in [9.17, 15) is 5.21 Å². The molecule has 0 radical (unpaired) electrons. The number of hydrogen-bond donors (Lipinski definition) is 2. The number of hydrogen-bond acceptors (Lipinski definition) is 10. The summed E-state index contributed by atoms with van der Waals surface area (Å²) in [6.45, 7) is 0.174. The topological polar surface area (TPSA) is 214 Å². The van der Waals surface area contributed by atoms with Crippen LogP contribution in [0.15, 0.2) is 53.5 Å². The van der Waals surface area contributed by atoms with E-state index in [1.54, 1.807) is 19.2 Å². The fourth-order valence-electron chi connectivity index (χ4n) is 2.36. The summed E-state index contributed by atoms with van der Waals surface area (Å²) in [4.78, 5) is 30.2. The third kappa shape index (κ3) is 20.2. The summed E-state index contributed by atoms with van der Waals surface area (Å²) in [7, 11) is -8.55. The maximum atomic E-state index is 12.6. The zero-order valence-corrected chi connectivity index (χ0v) is 30.1. The molecule has 0 spiro atoms. The van der Waals surface area contributed by atoms with Crippen LogP contribution in [0.1, 0.15) is 11.1 Å². The van der Waals surface area contributed by atoms with E-state index >= 15 is 0 Å². The third-order valence-electron chi connectivity index (χ3n) is 3.35. The molecule has 1 aliphatic heterocycles. The van der Waals surface area contributed by atoms with Crippen LogP contribution in [0.5, 0.6) is 0 Å². The van der Waals surface area contributed by atoms with E-state index in [4.69, 9.17) is 48.4 Å². The van der Waals surface area contributed by atoms with Gasteiger partial charge in [0.25, 0.3) is 0 Å². The van der Waals surface area contributed by atoms with Crippen LogP contribution in [0.3, 0.4) is 0 Å². The largest absolute Gasteiger partial charge is 1.00 e. The molecule has 12 nitrogen and oxygen atoms in total. The number of likely N-dealkylation sites (N-methyl/N-ethyl adjacent to an activating group) is 1. The number of amidine groups is 1. The van der Waals surface area contributed by atoms with Crippen molar-refractivity contribution in [3.05, 3.63) is 69.9 Å². The molecule has 1 heterocycles. The normalized spacial score (nSPS) is 11.9. The molecule has 0 unspecified atom stereocenters. The zero-order valence-electron chi connectivity index (χ0n) is 19.7. The van der Waals surface area contributed by atoms with Crippen molar-refractivity contribution >= 4 is 47.1 Å². The van der Waals surface area contributed by atoms with Crippen LogP contribution in [0, 0.1) is 5.21 Å². The first kappa shape index (κ1) is 43.7. The first-order valence-electron chi connectivity index (χ1n) is 8.02. The summed E-state index contributed by atoms with van der Waals surface area (Å²) < 4.78 is 42.3. The second-order valence-corrected chi connectivity index (χ2v) is 7.78. The molecular weight excluding hydrogens is 569 g/mol. The van der Waals surface area contributed by atoms with Crippen molar-refractivity contribution in [2.75, 3.05) is 13.6 Å². The van der Waals surface area contributed by atoms with E-state index in [1.165, 1.54) is 0 Å². The Morgan fingerprint density at radius 3 is 1.94 bits per heavy atom. The van der Waals surface area contributed by atoms with Crippen molar-refractivity contribution < 1.29 is 160 Å². The van der Waals surface area contributed by atoms with Gasteiger partial charge in [0.05, 0.1) is 11.3 Å². The smallest absolute Gasteiger partial charge is 0.822 e. The van der Waals surface area contributed by atoms with Gasteiger partial charge in [0.15, 0.2) is 5.84 Å². The number of halogens is 1. The Kier molecular flexibility index (Phi) is 25.6. The zero-order chi connectivity index (χ0) is 23.8. The van der Waals surface area contributed by atoms with Crippen LogP contribution in [0.4, 0.5) is 5.69 Å². The molecule has 0 amide bonds. The van der Waals surface area contributed by atoms with Gasteiger partial charge in [0.1, 0.15) is 0 Å². The molecule has 3 rings (SSSR count). The van der Waals surface area contributed by atoms with E-state index in [1.807, 2.05) is 36.4 Å². The van der Waals surface area contributed by atoms with Crippen LogP contribution >= 0.6 is 19.4 Å². The van der Waals surface area contributed by atoms with E-state index in [0.29, 0.717) is 16.6 Å². The minimum atomic E-state index is -5.39. The number of nitrogens with one attached hydrogen (secondary N) is 1. The third-order valence-corrected chi connectivity index (χ3v) is 3.58. The molecule has 35 heavy (non-hydrogen) atoms. The quantitative estimate of drug-likeness (QED) is 0.0807. The Morgan fingerprint density at radius 2 is 1.51 bits per heavy atom. The monoisotopic (exact) mass is 583 g/mol. The number of aliphatic imine (C=N–C) groups is 1. The number of benzene rings is 2. The first-order chi connectivity index (χ1) is 14.2. The van der Waals surface area contributed by atoms with Crippen LogP contribution in [0.2, 0.25) is 5.02 Å². The fourth-order valence-corrected chi connectivity index (χ4v) is 2.53. The minimum absolute atomic E-state index is 0. The average Bonchev–Trinajstić information content (AvgIpc) is 2.75. The van der Waals surface area contributed by atoms with Crippen molar-refractivity contribution in [1.82, 2.24) is 5.32 Å². The molecule has 0 bridgehead atoms. The number of rotatable bonds is 1. The predicted octanol–water partition coefficient (Wildman–Crippen LogP) is -12.9. The van der Waals surface area contributed by atoms with E-state index in [-0.39, 0.29) is 125 Å². The van der Waals surface area contributed by atoms with Crippen LogP contribution < -0.4 is 138 Å². The van der Waals surface area contributed by atoms with Crippen LogP contribution in [-0.4, -0.2) is 47.4 Å². The Bertz CT molecular complexity index is 1120. The Morgan fingerprint density at radius 1 is 1.06 bits per heavy atom. The molecule has 0 fully saturated rings. The summed E-state index contributed by atoms with van der Waals surface area (Å²) in [5, 5.41) is 16.1. The molecule has 0 saturated heterocycles. The SMILES string of the molecule is CNC1=Nc2ccc(Cl)cc2C(c2ccccc2)=[N+]([O-])C1.O=P([O-])([O-])[O-].O=S(=O)([O-])O.[Na+].[Na+].[Na+].[Na+]. The van der Waals surface area contributed by atoms with E-state index in [0.717, 1.165) is 21.6 Å². The number of nitrogens with zero attached hydrogens (tertiary/aromatic N) is 2. The minimum Gasteiger partial charge on any atom is -0.822 e. The van der Waals surface area contributed by atoms with Gasteiger partial charge in [-0.1, -0.05) is 29.8 Å². The summed E-state index contributed by atoms with van der Waals surface area (Å²) in [6.07, 6.45) is 0. The number of hydroxylamine groups is 1. The Labute approximate surface area is 296 Å². The van der Waals surface area contributed by atoms with Gasteiger partial charge in [-0.05, 0) is 30.3 Å². The van der Waals surface area contributed by atoms with Crippen molar-refractivity contribution in [1.29, 1.82) is 0 Å². The Balaban J connectivity index is -0.000000296. The Hall–Kier alpha value is 1.65. The molecular formula is C16H15ClN3Na4O9PS. The van der Waals surface area contributed by atoms with Gasteiger partial charge in [-0.25, -0.2) is 13.4 Å². The summed E-state index contributed by atoms with van der Waals surface area (Å²) in [5.41, 5.74) is 2.92. The van der Waals surface area contributed by atoms with Crippen molar-refractivity contribution in [3.63, 3.8) is 0 Å². The molecule has 0 aliphatic carbocycles. The van der Waals surface area contributed by atoms with Crippen molar-refractivity contribution in [2.24, 2.45) is 4.99 Å². The van der Waals surface area contributed by atoms with Gasteiger partial charge < -0.3 is 34.3 Å². The van der Waals surface area contributed by atoms with E-state index in [2.05, 4.69) is 10.3 Å². The second-order valence-electron chi connectivity index (χ2n) is 5.60. The van der Waals surface area contributed by atoms with Crippen LogP contribution in [-0.2, 0) is 15.0 Å². The summed E-state index contributed by atoms with van der Waals surface area (Å²) in [5.74, 6) is 0.625. The van der Waals surface area contributed by atoms with Gasteiger partial charge in [0, 0.05) is 17.6 Å². The molecule has 0 atom stereocenters. The second kappa shape index (κ2) is 20.5. The van der Waals surface area contributed by atoms with Crippen molar-refractivity contribution in [2.45, 2.75) is 0 Å². The van der Waals surface area contributed by atoms with Gasteiger partial charge in [0.2, 0.25) is 22.7 Å². The molecule has 2 aromatic rings. The molecule has 19 heteroatoms. The van der Waals surface area contributed by atoms with Gasteiger partial charge in [-0.3, -0.25) is 4.55 Å². The number of fused-ring (bicyclic) bond motifs is 1. The molecule has 0 aromatic heterocycles. The van der Waals surface area contributed by atoms with Gasteiger partial charge >= 0.3 is 118 Å². The molecule has 170 valence electrons. The van der Waals surface area contributed by atoms with Gasteiger partial charge in [-0.2, -0.15) is 12.6 Å². The van der Waals surface area contributed by atoms with Crippen molar-refractivity contribution in [3.8, 4) is 0 Å². The molecule has 2 N–H and O–H groups in total. The molecule has 0 saturated carbocycles. The first-order valence-corrected chi connectivity index (χ1v) is 11.2. The summed E-state index contributed by atoms with van der Waals surface area (Å²) in [6, 6.07) is 15.0. The van der Waals surface area contributed by atoms with E-state index < -0.39 is 18.2 Å². The fraction of sp³-hybridized carbons (Fsp3) is 0.125. The standard InChI is InChI=1S/C16H14ClN3O.4Na.H3O4P.H2O4S/c1-18-15-10-20(21)16(11-5-3-2-4-6-11)13-9-12(17)7-8-14(13)19-15;;;;;2*1-5(2,3)4/h2-9H,10H2,1H3,(H,18,19);;;;;(H3,1,2,3,4);(H2,1,2,3,4)/q;4*+1;;/p-4. The van der Waals surface area contributed by atoms with Gasteiger partial charge in [-0.15, -0.1) is 0 Å². The number of phosphoric acid groups is 1. The summed E-state index contributed by atoms with van der Waals surface area (Å²) >= 11 is 6.10. The molecule has 2 aromatic carbocycles. The predicted molar refractivity (Wildman–Crippen MR) is 106 cm³/mol. The maximum absolute atomic E-state index is 12.6. The average molecular weight is 584 g/mol. The molecule has 1 aliphatic rings. The van der Waals surface area contributed by atoms with Crippen LogP contribution in [0.25, 0.3) is 0 Å². The maximum Gasteiger partial charge on any atom is 1.00 e.